The van der Waals surface area contributed by atoms with E-state index in [0.717, 1.165) is 5.39 Å². The van der Waals surface area contributed by atoms with Gasteiger partial charge in [0, 0.05) is 21.2 Å². The minimum Gasteiger partial charge on any atom is -0.454 e. The van der Waals surface area contributed by atoms with Crippen LogP contribution in [0.4, 0.5) is 0 Å². The zero-order chi connectivity index (χ0) is 21.0. The highest BCUT2D eigenvalue weighted by atomic mass is 16.3. The van der Waals surface area contributed by atoms with Gasteiger partial charge < -0.3 is 4.42 Å². The molecular formula is C19H16N2O. The van der Waals surface area contributed by atoms with Gasteiger partial charge in [0.1, 0.15) is 11.1 Å². The topological polar surface area (TPSA) is 38.9 Å². The summed E-state index contributed by atoms with van der Waals surface area (Å²) in [7, 11) is 0. The molecule has 0 bridgehead atoms. The van der Waals surface area contributed by atoms with Crippen molar-refractivity contribution < 1.29 is 14.0 Å². The lowest BCUT2D eigenvalue weighted by molar-refractivity contribution is 0.668. The average Bonchev–Trinajstić information content (AvgIpc) is 3.05. The standard InChI is InChI=1S/C19H16N2O/c1-2-6-13-7-5-12-20-18(13)15-10-11-17-19(21-15)14-8-3-4-9-16(14)22-17/h3-5,7-12H,2,6H2,1H3/i1D3,2D2,6D2. The number of benzene rings is 1. The molecule has 3 nitrogen and oxygen atoms in total. The molecule has 22 heavy (non-hydrogen) atoms. The van der Waals surface area contributed by atoms with Crippen LogP contribution in [-0.2, 0) is 6.37 Å². The number of fused-ring (bicyclic) bond motifs is 3. The fourth-order valence-corrected chi connectivity index (χ4v) is 2.50. The van der Waals surface area contributed by atoms with Crippen molar-refractivity contribution in [2.24, 2.45) is 0 Å². The Hall–Kier alpha value is -2.68. The Labute approximate surface area is 138 Å². The van der Waals surface area contributed by atoms with Crippen LogP contribution in [-0.4, -0.2) is 9.97 Å². The van der Waals surface area contributed by atoms with E-state index < -0.39 is 19.6 Å². The van der Waals surface area contributed by atoms with E-state index in [9.17, 15) is 0 Å². The summed E-state index contributed by atoms with van der Waals surface area (Å²) in [6.07, 6.45) is -4.54. The number of rotatable bonds is 3. The molecule has 0 fully saturated rings. The quantitative estimate of drug-likeness (QED) is 0.534. The van der Waals surface area contributed by atoms with Crippen LogP contribution in [0.3, 0.4) is 0 Å². The molecule has 0 saturated heterocycles. The van der Waals surface area contributed by atoms with Gasteiger partial charge in [0.05, 0.1) is 11.4 Å². The van der Waals surface area contributed by atoms with Crippen LogP contribution in [0, 0.1) is 0 Å². The molecule has 0 radical (unpaired) electrons. The molecule has 4 rings (SSSR count). The van der Waals surface area contributed by atoms with Crippen LogP contribution in [0.1, 0.15) is 28.4 Å². The van der Waals surface area contributed by atoms with Crippen molar-refractivity contribution in [3.05, 3.63) is 60.3 Å². The van der Waals surface area contributed by atoms with Crippen molar-refractivity contribution in [3.63, 3.8) is 0 Å². The summed E-state index contributed by atoms with van der Waals surface area (Å²) in [4.78, 5) is 8.76. The maximum absolute atomic E-state index is 8.33. The largest absolute Gasteiger partial charge is 0.454 e. The first-order valence-corrected chi connectivity index (χ1v) is 6.78. The fraction of sp³-hybridized carbons (Fsp3) is 0.158. The van der Waals surface area contributed by atoms with E-state index in [-0.39, 0.29) is 11.3 Å². The molecule has 108 valence electrons. The maximum Gasteiger partial charge on any atom is 0.153 e. The molecule has 1 aromatic carbocycles. The van der Waals surface area contributed by atoms with Gasteiger partial charge in [0.25, 0.3) is 0 Å². The van der Waals surface area contributed by atoms with Gasteiger partial charge in [-0.25, -0.2) is 4.98 Å². The highest BCUT2D eigenvalue weighted by molar-refractivity contribution is 6.02. The Morgan fingerprint density at radius 3 is 3.00 bits per heavy atom. The van der Waals surface area contributed by atoms with E-state index in [0.29, 0.717) is 22.4 Å². The van der Waals surface area contributed by atoms with E-state index in [1.165, 1.54) is 18.3 Å². The number of aromatic nitrogens is 2. The third kappa shape index (κ3) is 2.06. The van der Waals surface area contributed by atoms with Crippen LogP contribution in [0.25, 0.3) is 33.5 Å². The molecule has 0 atom stereocenters. The first-order chi connectivity index (χ1) is 13.5. The number of para-hydroxylation sites is 1. The fourth-order valence-electron chi connectivity index (χ4n) is 2.50. The van der Waals surface area contributed by atoms with Gasteiger partial charge >= 0.3 is 0 Å². The Balaban J connectivity index is 1.93. The van der Waals surface area contributed by atoms with E-state index in [1.807, 2.05) is 24.3 Å². The lowest BCUT2D eigenvalue weighted by Crippen LogP contribution is -1.94. The summed E-state index contributed by atoms with van der Waals surface area (Å²) in [6, 6.07) is 13.4. The maximum atomic E-state index is 8.33. The number of nitrogens with zero attached hydrogens (tertiary/aromatic N) is 2. The molecule has 4 aromatic rings. The van der Waals surface area contributed by atoms with Crippen molar-refractivity contribution in [1.82, 2.24) is 9.97 Å². The SMILES string of the molecule is [2H]C([2H])([2H])C([2H])([2H])C([2H])([2H])c1cccnc1-c1ccc2oc3ccccc3c2n1. The number of hydrogen-bond acceptors (Lipinski definition) is 3. The van der Waals surface area contributed by atoms with Crippen molar-refractivity contribution in [3.8, 4) is 11.4 Å². The van der Waals surface area contributed by atoms with E-state index >= 15 is 0 Å². The predicted molar refractivity (Wildman–Crippen MR) is 88.7 cm³/mol. The van der Waals surface area contributed by atoms with Gasteiger partial charge in [-0.3, -0.25) is 4.98 Å². The van der Waals surface area contributed by atoms with Gasteiger partial charge in [-0.05, 0) is 42.3 Å². The van der Waals surface area contributed by atoms with E-state index in [4.69, 9.17) is 14.0 Å². The Kier molecular flexibility index (Phi) is 1.80. The number of pyridine rings is 2. The number of hydrogen-bond donors (Lipinski definition) is 0. The summed E-state index contributed by atoms with van der Waals surface area (Å²) < 4.78 is 60.7. The van der Waals surface area contributed by atoms with Crippen LogP contribution < -0.4 is 0 Å². The summed E-state index contributed by atoms with van der Waals surface area (Å²) in [5.74, 6) is 0. The molecule has 3 aromatic heterocycles. The van der Waals surface area contributed by atoms with Crippen LogP contribution in [0.2, 0.25) is 0 Å². The molecule has 3 heterocycles. The molecule has 3 heteroatoms. The molecule has 0 aliphatic rings. The average molecular weight is 295 g/mol. The van der Waals surface area contributed by atoms with Gasteiger partial charge in [-0.15, -0.1) is 0 Å². The van der Waals surface area contributed by atoms with Crippen LogP contribution in [0.15, 0.2) is 59.1 Å². The third-order valence-electron chi connectivity index (χ3n) is 3.47. The second kappa shape index (κ2) is 5.26. The lowest BCUT2D eigenvalue weighted by atomic mass is 10.1. The predicted octanol–water partition coefficient (Wildman–Crippen LogP) is 5.00. The first kappa shape index (κ1) is 7.54. The van der Waals surface area contributed by atoms with Gasteiger partial charge in [-0.2, -0.15) is 0 Å². The first-order valence-electron chi connectivity index (χ1n) is 10.3. The summed E-state index contributed by atoms with van der Waals surface area (Å²) in [5, 5.41) is 0.780. The van der Waals surface area contributed by atoms with Crippen molar-refractivity contribution in [2.45, 2.75) is 19.6 Å². The second-order valence-electron chi connectivity index (χ2n) is 4.79. The molecule has 0 unspecified atom stereocenters. The van der Waals surface area contributed by atoms with Crippen molar-refractivity contribution in [2.75, 3.05) is 0 Å². The van der Waals surface area contributed by atoms with Gasteiger partial charge in [0.15, 0.2) is 5.58 Å². The highest BCUT2D eigenvalue weighted by Gasteiger charge is 2.12. The molecule has 0 aliphatic carbocycles. The van der Waals surface area contributed by atoms with E-state index in [1.54, 1.807) is 12.1 Å². The minimum atomic E-state index is -3.16. The van der Waals surface area contributed by atoms with Crippen LogP contribution in [0.5, 0.6) is 0 Å². The zero-order valence-electron chi connectivity index (χ0n) is 18.5. The number of aryl methyl sites for hydroxylation is 1. The van der Waals surface area contributed by atoms with E-state index in [2.05, 4.69) is 9.97 Å². The number of furan rings is 1. The Morgan fingerprint density at radius 2 is 2.05 bits per heavy atom. The molecule has 0 N–H and O–H groups in total. The normalized spacial score (nSPS) is 17.9. The smallest absolute Gasteiger partial charge is 0.153 e. The van der Waals surface area contributed by atoms with Gasteiger partial charge in [-0.1, -0.05) is 31.4 Å². The Bertz CT molecular complexity index is 1210. The molecule has 0 aliphatic heterocycles. The van der Waals surface area contributed by atoms with Crippen LogP contribution >= 0.6 is 0 Å². The summed E-state index contributed by atoms with van der Waals surface area (Å²) in [5.41, 5.74) is 1.97. The zero-order valence-corrected chi connectivity index (χ0v) is 11.5. The summed E-state index contributed by atoms with van der Waals surface area (Å²) in [6.45, 7) is -3.16. The molecule has 0 saturated carbocycles. The van der Waals surface area contributed by atoms with Gasteiger partial charge in [0.2, 0.25) is 0 Å². The third-order valence-corrected chi connectivity index (χ3v) is 3.47. The Morgan fingerprint density at radius 1 is 1.09 bits per heavy atom. The molecule has 0 amide bonds. The second-order valence-corrected chi connectivity index (χ2v) is 4.79. The van der Waals surface area contributed by atoms with Crippen molar-refractivity contribution >= 4 is 22.1 Å². The molecule has 0 spiro atoms. The summed E-state index contributed by atoms with van der Waals surface area (Å²) >= 11 is 0. The monoisotopic (exact) mass is 295 g/mol. The lowest BCUT2D eigenvalue weighted by Gasteiger charge is -2.06. The van der Waals surface area contributed by atoms with Crippen molar-refractivity contribution in [1.29, 1.82) is 0 Å². The molecular weight excluding hydrogens is 272 g/mol. The minimum absolute atomic E-state index is 0.0813. The highest BCUT2D eigenvalue weighted by Crippen LogP contribution is 2.30.